The van der Waals surface area contributed by atoms with E-state index in [1.807, 2.05) is 6.92 Å². The third kappa shape index (κ3) is 3.86. The van der Waals surface area contributed by atoms with Gasteiger partial charge in [0.25, 0.3) is 0 Å². The number of ether oxygens (including phenoxy) is 2. The van der Waals surface area contributed by atoms with E-state index in [-0.39, 0.29) is 0 Å². The Morgan fingerprint density at radius 3 is 2.14 bits per heavy atom. The first-order valence-electron chi connectivity index (χ1n) is 6.76. The normalized spacial score (nSPS) is 10.1. The summed E-state index contributed by atoms with van der Waals surface area (Å²) in [7, 11) is 0. The molecule has 0 amide bonds. The molecule has 0 radical (unpaired) electrons. The molecule has 0 unspecified atom stereocenters. The first-order chi connectivity index (χ1) is 10.5. The Kier molecular flexibility index (Phi) is 5.17. The van der Waals surface area contributed by atoms with Gasteiger partial charge in [-0.3, -0.25) is 0 Å². The lowest BCUT2D eigenvalue weighted by atomic mass is 10.1. The molecule has 0 heterocycles. The maximum absolute atomic E-state index is 12.0. The van der Waals surface area contributed by atoms with Crippen LogP contribution in [0.3, 0.4) is 0 Å². The Morgan fingerprint density at radius 1 is 1.00 bits per heavy atom. The summed E-state index contributed by atoms with van der Waals surface area (Å²) in [5.74, 6) is -0.505. The van der Waals surface area contributed by atoms with Crippen LogP contribution in [0, 0.1) is 6.92 Å². The van der Waals surface area contributed by atoms with E-state index in [0.717, 1.165) is 5.56 Å². The van der Waals surface area contributed by atoms with Crippen molar-refractivity contribution >= 4 is 23.5 Å². The molecule has 4 nitrogen and oxygen atoms in total. The van der Waals surface area contributed by atoms with Crippen LogP contribution in [0.15, 0.2) is 42.5 Å². The smallest absolute Gasteiger partial charge is 0.343 e. The zero-order valence-corrected chi connectivity index (χ0v) is 13.0. The Morgan fingerprint density at radius 2 is 1.59 bits per heavy atom. The molecule has 2 aromatic rings. The minimum absolute atomic E-state index is 0.304. The lowest BCUT2D eigenvalue weighted by molar-refractivity contribution is 0.0525. The van der Waals surface area contributed by atoms with Crippen LogP contribution in [0.25, 0.3) is 0 Å². The predicted octanol–water partition coefficient (Wildman–Crippen LogP) is 4.04. The van der Waals surface area contributed by atoms with Gasteiger partial charge in [0.15, 0.2) is 0 Å². The summed E-state index contributed by atoms with van der Waals surface area (Å²) < 4.78 is 10.2. The third-order valence-corrected chi connectivity index (χ3v) is 3.40. The van der Waals surface area contributed by atoms with Crippen LogP contribution in [0.5, 0.6) is 5.75 Å². The van der Waals surface area contributed by atoms with E-state index in [1.165, 1.54) is 24.3 Å². The molecule has 5 heteroatoms. The van der Waals surface area contributed by atoms with E-state index in [1.54, 1.807) is 25.1 Å². The summed E-state index contributed by atoms with van der Waals surface area (Å²) in [5, 5.41) is 0.610. The van der Waals surface area contributed by atoms with Gasteiger partial charge in [0.05, 0.1) is 17.7 Å². The van der Waals surface area contributed by atoms with Crippen LogP contribution in [-0.2, 0) is 4.74 Å². The fourth-order valence-electron chi connectivity index (χ4n) is 1.80. The van der Waals surface area contributed by atoms with Gasteiger partial charge in [0.1, 0.15) is 5.75 Å². The molecule has 0 atom stereocenters. The lowest BCUT2D eigenvalue weighted by Gasteiger charge is -2.07. The summed E-state index contributed by atoms with van der Waals surface area (Å²) >= 11 is 5.92. The second-order valence-corrected chi connectivity index (χ2v) is 5.01. The van der Waals surface area contributed by atoms with Gasteiger partial charge >= 0.3 is 11.9 Å². The summed E-state index contributed by atoms with van der Waals surface area (Å²) in [4.78, 5) is 23.6. The Labute approximate surface area is 133 Å². The molecule has 0 bridgehead atoms. The fourth-order valence-corrected chi connectivity index (χ4v) is 1.92. The Balaban J connectivity index is 2.09. The highest BCUT2D eigenvalue weighted by Crippen LogP contribution is 2.22. The standard InChI is InChI=1S/C17H15ClO4/c1-3-21-16(19)12-4-6-13(7-5-12)17(20)22-14-8-9-15(18)11(2)10-14/h4-10H,3H2,1-2H3. The van der Waals surface area contributed by atoms with Gasteiger partial charge < -0.3 is 9.47 Å². The van der Waals surface area contributed by atoms with Crippen LogP contribution in [0.2, 0.25) is 5.02 Å². The van der Waals surface area contributed by atoms with Gasteiger partial charge in [-0.25, -0.2) is 9.59 Å². The summed E-state index contributed by atoms with van der Waals surface area (Å²) in [6, 6.07) is 11.1. The minimum atomic E-state index is -0.503. The highest BCUT2D eigenvalue weighted by atomic mass is 35.5. The molecule has 22 heavy (non-hydrogen) atoms. The minimum Gasteiger partial charge on any atom is -0.462 e. The van der Waals surface area contributed by atoms with Crippen LogP contribution in [-0.4, -0.2) is 18.5 Å². The van der Waals surface area contributed by atoms with Crippen LogP contribution in [0.4, 0.5) is 0 Å². The first-order valence-corrected chi connectivity index (χ1v) is 7.14. The van der Waals surface area contributed by atoms with Crippen molar-refractivity contribution in [3.8, 4) is 5.75 Å². The van der Waals surface area contributed by atoms with Crippen molar-refractivity contribution < 1.29 is 19.1 Å². The number of esters is 2. The van der Waals surface area contributed by atoms with Crippen molar-refractivity contribution in [3.05, 3.63) is 64.2 Å². The highest BCUT2D eigenvalue weighted by molar-refractivity contribution is 6.31. The largest absolute Gasteiger partial charge is 0.462 e. The average Bonchev–Trinajstić information content (AvgIpc) is 2.51. The molecular formula is C17H15ClO4. The zero-order chi connectivity index (χ0) is 16.1. The lowest BCUT2D eigenvalue weighted by Crippen LogP contribution is -2.10. The SMILES string of the molecule is CCOC(=O)c1ccc(C(=O)Oc2ccc(Cl)c(C)c2)cc1. The van der Waals surface area contributed by atoms with Gasteiger partial charge in [-0.15, -0.1) is 0 Å². The molecule has 0 N–H and O–H groups in total. The summed E-state index contributed by atoms with van der Waals surface area (Å²) in [5.41, 5.74) is 1.56. The molecule has 0 spiro atoms. The van der Waals surface area contributed by atoms with E-state index in [4.69, 9.17) is 21.1 Å². The number of halogens is 1. The molecular weight excluding hydrogens is 304 g/mol. The number of hydrogen-bond donors (Lipinski definition) is 0. The second-order valence-electron chi connectivity index (χ2n) is 4.60. The number of aryl methyl sites for hydroxylation is 1. The highest BCUT2D eigenvalue weighted by Gasteiger charge is 2.11. The molecule has 0 fully saturated rings. The van der Waals surface area contributed by atoms with Gasteiger partial charge in [0, 0.05) is 5.02 Å². The van der Waals surface area contributed by atoms with Gasteiger partial charge in [-0.2, -0.15) is 0 Å². The quantitative estimate of drug-likeness (QED) is 0.630. The van der Waals surface area contributed by atoms with E-state index >= 15 is 0 Å². The van der Waals surface area contributed by atoms with Gasteiger partial charge in [-0.1, -0.05) is 11.6 Å². The monoisotopic (exact) mass is 318 g/mol. The zero-order valence-electron chi connectivity index (χ0n) is 12.3. The molecule has 0 aromatic heterocycles. The second kappa shape index (κ2) is 7.09. The van der Waals surface area contributed by atoms with Crippen LogP contribution in [0.1, 0.15) is 33.2 Å². The first kappa shape index (κ1) is 16.0. The predicted molar refractivity (Wildman–Crippen MR) is 83.5 cm³/mol. The van der Waals surface area contributed by atoms with Crippen molar-refractivity contribution in [2.24, 2.45) is 0 Å². The Bertz CT molecular complexity index is 692. The molecule has 0 aliphatic heterocycles. The van der Waals surface area contributed by atoms with E-state index in [2.05, 4.69) is 0 Å². The molecule has 2 rings (SSSR count). The number of benzene rings is 2. The number of hydrogen-bond acceptors (Lipinski definition) is 4. The van der Waals surface area contributed by atoms with Crippen LogP contribution < -0.4 is 4.74 Å². The molecule has 0 aliphatic carbocycles. The fraction of sp³-hybridized carbons (Fsp3) is 0.176. The number of carbonyl (C=O) groups excluding carboxylic acids is 2. The molecule has 0 saturated heterocycles. The summed E-state index contributed by atoms with van der Waals surface area (Å²) in [6.07, 6.45) is 0. The molecule has 2 aromatic carbocycles. The van der Waals surface area contributed by atoms with Crippen molar-refractivity contribution in [2.75, 3.05) is 6.61 Å². The number of rotatable bonds is 4. The maximum Gasteiger partial charge on any atom is 0.343 e. The Hall–Kier alpha value is -2.33. The van der Waals surface area contributed by atoms with Crippen molar-refractivity contribution in [1.29, 1.82) is 0 Å². The third-order valence-electron chi connectivity index (χ3n) is 2.97. The van der Waals surface area contributed by atoms with Crippen molar-refractivity contribution in [1.82, 2.24) is 0 Å². The van der Waals surface area contributed by atoms with E-state index in [0.29, 0.717) is 28.5 Å². The van der Waals surface area contributed by atoms with E-state index < -0.39 is 11.9 Å². The molecule has 114 valence electrons. The molecule has 0 aliphatic rings. The van der Waals surface area contributed by atoms with Crippen molar-refractivity contribution in [3.63, 3.8) is 0 Å². The van der Waals surface area contributed by atoms with E-state index in [9.17, 15) is 9.59 Å². The van der Waals surface area contributed by atoms with Crippen LogP contribution >= 0.6 is 11.6 Å². The van der Waals surface area contributed by atoms with Gasteiger partial charge in [0.2, 0.25) is 0 Å². The topological polar surface area (TPSA) is 52.6 Å². The average molecular weight is 319 g/mol. The van der Waals surface area contributed by atoms with Crippen molar-refractivity contribution in [2.45, 2.75) is 13.8 Å². The maximum atomic E-state index is 12.0. The van der Waals surface area contributed by atoms with Gasteiger partial charge in [-0.05, 0) is 61.9 Å². The molecule has 0 saturated carbocycles. The summed E-state index contributed by atoms with van der Waals surface area (Å²) in [6.45, 7) is 3.87. The number of carbonyl (C=O) groups is 2.